The normalized spacial score (nSPS) is 13.7. The molecule has 0 saturated carbocycles. The molecule has 1 aliphatic rings. The van der Waals surface area contributed by atoms with Crippen molar-refractivity contribution in [2.45, 2.75) is 19.9 Å². The Bertz CT molecular complexity index is 1180. The van der Waals surface area contributed by atoms with Crippen LogP contribution in [0.3, 0.4) is 0 Å². The number of nitrogens with one attached hydrogen (secondary N) is 1. The highest BCUT2D eigenvalue weighted by Gasteiger charge is 2.29. The highest BCUT2D eigenvalue weighted by Crippen LogP contribution is 2.34. The predicted octanol–water partition coefficient (Wildman–Crippen LogP) is 5.23. The van der Waals surface area contributed by atoms with Crippen LogP contribution in [0, 0.1) is 12.7 Å². The van der Waals surface area contributed by atoms with Gasteiger partial charge in [0.1, 0.15) is 11.6 Å². The van der Waals surface area contributed by atoms with Crippen molar-refractivity contribution in [3.05, 3.63) is 89.2 Å². The summed E-state index contributed by atoms with van der Waals surface area (Å²) >= 11 is 0. The van der Waals surface area contributed by atoms with Crippen molar-refractivity contribution in [3.63, 3.8) is 0 Å². The number of nitrogens with zero attached hydrogens (tertiary/aromatic N) is 2. The molecule has 6 nitrogen and oxygen atoms in total. The van der Waals surface area contributed by atoms with Gasteiger partial charge >= 0.3 is 6.03 Å². The topological polar surface area (TPSA) is 61.9 Å². The monoisotopic (exact) mass is 447 g/mol. The molecule has 0 spiro atoms. The molecule has 0 bridgehead atoms. The summed E-state index contributed by atoms with van der Waals surface area (Å²) in [4.78, 5) is 29.4. The van der Waals surface area contributed by atoms with Gasteiger partial charge in [0.05, 0.1) is 12.8 Å². The Kier molecular flexibility index (Phi) is 6.58. The number of ether oxygens (including phenoxy) is 1. The molecular formula is C26H26FN3O3. The minimum Gasteiger partial charge on any atom is -0.495 e. The first-order chi connectivity index (χ1) is 15.9. The smallest absolute Gasteiger partial charge is 0.324 e. The van der Waals surface area contributed by atoms with Crippen LogP contribution in [0.4, 0.5) is 20.6 Å². The Morgan fingerprint density at radius 1 is 1.06 bits per heavy atom. The van der Waals surface area contributed by atoms with Gasteiger partial charge in [-0.15, -0.1) is 0 Å². The van der Waals surface area contributed by atoms with E-state index < -0.39 is 11.7 Å². The van der Waals surface area contributed by atoms with Gasteiger partial charge in [-0.1, -0.05) is 35.9 Å². The average Bonchev–Trinajstić information content (AvgIpc) is 2.80. The van der Waals surface area contributed by atoms with Gasteiger partial charge in [0, 0.05) is 30.9 Å². The van der Waals surface area contributed by atoms with Gasteiger partial charge in [-0.05, 0) is 55.3 Å². The summed E-state index contributed by atoms with van der Waals surface area (Å²) in [5.74, 6) is -0.383. The molecule has 3 aromatic rings. The van der Waals surface area contributed by atoms with Crippen LogP contribution in [-0.4, -0.2) is 37.0 Å². The summed E-state index contributed by atoms with van der Waals surface area (Å²) < 4.78 is 19.0. The van der Waals surface area contributed by atoms with Crippen LogP contribution in [0.2, 0.25) is 0 Å². The second kappa shape index (κ2) is 9.73. The number of benzene rings is 3. The summed E-state index contributed by atoms with van der Waals surface area (Å²) in [6.45, 7) is 3.76. The number of urea groups is 1. The van der Waals surface area contributed by atoms with E-state index in [1.54, 1.807) is 36.3 Å². The number of rotatable bonds is 6. The third-order valence-electron chi connectivity index (χ3n) is 5.58. The zero-order chi connectivity index (χ0) is 23.4. The predicted molar refractivity (Wildman–Crippen MR) is 126 cm³/mol. The summed E-state index contributed by atoms with van der Waals surface area (Å²) in [5.41, 5.74) is 3.51. The first-order valence-corrected chi connectivity index (χ1v) is 10.8. The van der Waals surface area contributed by atoms with Crippen LogP contribution < -0.4 is 15.0 Å². The molecule has 0 unspecified atom stereocenters. The Morgan fingerprint density at radius 2 is 1.88 bits per heavy atom. The molecule has 1 N–H and O–H groups in total. The van der Waals surface area contributed by atoms with Crippen molar-refractivity contribution in [3.8, 4) is 5.75 Å². The SMILES string of the molecule is COc1ccc(NC(=O)c2cccc(F)c2)cc1N1CCCN(Cc2cccc(C)c2)C1=O. The van der Waals surface area contributed by atoms with Crippen LogP contribution in [0.1, 0.15) is 27.9 Å². The molecule has 3 amide bonds. The quantitative estimate of drug-likeness (QED) is 0.563. The number of methoxy groups -OCH3 is 1. The molecule has 1 fully saturated rings. The van der Waals surface area contributed by atoms with E-state index in [2.05, 4.69) is 11.4 Å². The maximum absolute atomic E-state index is 13.5. The number of anilines is 2. The van der Waals surface area contributed by atoms with E-state index in [1.165, 1.54) is 18.2 Å². The molecule has 0 aromatic heterocycles. The molecule has 4 rings (SSSR count). The molecule has 7 heteroatoms. The zero-order valence-corrected chi connectivity index (χ0v) is 18.7. The number of halogens is 1. The lowest BCUT2D eigenvalue weighted by molar-refractivity contribution is 0.102. The lowest BCUT2D eigenvalue weighted by Gasteiger charge is -2.36. The second-order valence-corrected chi connectivity index (χ2v) is 8.05. The number of carbonyl (C=O) groups is 2. The first-order valence-electron chi connectivity index (χ1n) is 10.8. The maximum atomic E-state index is 13.5. The van der Waals surface area contributed by atoms with E-state index in [4.69, 9.17) is 4.74 Å². The van der Waals surface area contributed by atoms with Crippen LogP contribution >= 0.6 is 0 Å². The molecule has 1 saturated heterocycles. The number of aryl methyl sites for hydroxylation is 1. The molecule has 33 heavy (non-hydrogen) atoms. The Hall–Kier alpha value is -3.87. The Balaban J connectivity index is 1.56. The molecule has 0 radical (unpaired) electrons. The highest BCUT2D eigenvalue weighted by molar-refractivity contribution is 6.05. The van der Waals surface area contributed by atoms with Gasteiger partial charge in [-0.3, -0.25) is 9.69 Å². The summed E-state index contributed by atoms with van der Waals surface area (Å²) in [5, 5.41) is 2.78. The highest BCUT2D eigenvalue weighted by atomic mass is 19.1. The van der Waals surface area contributed by atoms with E-state index in [9.17, 15) is 14.0 Å². The molecule has 3 aromatic carbocycles. The Morgan fingerprint density at radius 3 is 2.64 bits per heavy atom. The van der Waals surface area contributed by atoms with Gasteiger partial charge in [-0.25, -0.2) is 9.18 Å². The van der Waals surface area contributed by atoms with Crippen LogP contribution in [-0.2, 0) is 6.54 Å². The number of amides is 3. The summed E-state index contributed by atoms with van der Waals surface area (Å²) in [6.07, 6.45) is 0.806. The lowest BCUT2D eigenvalue weighted by atomic mass is 10.1. The van der Waals surface area contributed by atoms with E-state index in [0.717, 1.165) is 17.5 Å². The minimum atomic E-state index is -0.481. The van der Waals surface area contributed by atoms with Gasteiger partial charge in [0.15, 0.2) is 0 Å². The van der Waals surface area contributed by atoms with Crippen molar-refractivity contribution < 1.29 is 18.7 Å². The second-order valence-electron chi connectivity index (χ2n) is 8.05. The molecule has 0 atom stereocenters. The Labute approximate surface area is 192 Å². The van der Waals surface area contributed by atoms with Crippen molar-refractivity contribution >= 4 is 23.3 Å². The first kappa shape index (κ1) is 22.3. The lowest BCUT2D eigenvalue weighted by Crippen LogP contribution is -2.49. The van der Waals surface area contributed by atoms with Gasteiger partial charge in [0.2, 0.25) is 0 Å². The third-order valence-corrected chi connectivity index (χ3v) is 5.58. The van der Waals surface area contributed by atoms with Crippen LogP contribution in [0.25, 0.3) is 0 Å². The molecule has 0 aliphatic carbocycles. The third kappa shape index (κ3) is 5.14. The van der Waals surface area contributed by atoms with E-state index in [0.29, 0.717) is 36.8 Å². The summed E-state index contributed by atoms with van der Waals surface area (Å²) in [7, 11) is 1.54. The zero-order valence-electron chi connectivity index (χ0n) is 18.7. The minimum absolute atomic E-state index is 0.116. The van der Waals surface area contributed by atoms with Crippen molar-refractivity contribution in [2.24, 2.45) is 0 Å². The van der Waals surface area contributed by atoms with E-state index >= 15 is 0 Å². The fourth-order valence-electron chi connectivity index (χ4n) is 3.99. The van der Waals surface area contributed by atoms with Gasteiger partial charge < -0.3 is 15.0 Å². The summed E-state index contributed by atoms with van der Waals surface area (Å²) in [6, 6.07) is 18.6. The fourth-order valence-corrected chi connectivity index (χ4v) is 3.99. The van der Waals surface area contributed by atoms with Gasteiger partial charge in [0.25, 0.3) is 5.91 Å². The van der Waals surface area contributed by atoms with E-state index in [1.807, 2.05) is 30.0 Å². The average molecular weight is 448 g/mol. The standard InChI is InChI=1S/C26H26FN3O3/c1-18-6-3-7-19(14-18)17-29-12-5-13-30(26(29)32)23-16-22(10-11-24(23)33-2)28-25(31)20-8-4-9-21(27)15-20/h3-4,6-11,14-16H,5,12-13,17H2,1-2H3,(H,28,31). The number of carbonyl (C=O) groups excluding carboxylic acids is 2. The van der Waals surface area contributed by atoms with Crippen molar-refractivity contribution in [2.75, 3.05) is 30.4 Å². The van der Waals surface area contributed by atoms with Gasteiger partial charge in [-0.2, -0.15) is 0 Å². The van der Waals surface area contributed by atoms with Crippen molar-refractivity contribution in [1.82, 2.24) is 4.90 Å². The van der Waals surface area contributed by atoms with Crippen LogP contribution in [0.5, 0.6) is 5.75 Å². The largest absolute Gasteiger partial charge is 0.495 e. The number of hydrogen-bond acceptors (Lipinski definition) is 3. The number of hydrogen-bond donors (Lipinski definition) is 1. The van der Waals surface area contributed by atoms with E-state index in [-0.39, 0.29) is 11.6 Å². The van der Waals surface area contributed by atoms with Crippen LogP contribution in [0.15, 0.2) is 66.7 Å². The maximum Gasteiger partial charge on any atom is 0.324 e. The fraction of sp³-hybridized carbons (Fsp3) is 0.231. The van der Waals surface area contributed by atoms with Crippen molar-refractivity contribution in [1.29, 1.82) is 0 Å². The molecular weight excluding hydrogens is 421 g/mol. The molecule has 1 heterocycles. The molecule has 170 valence electrons. The molecule has 1 aliphatic heterocycles.